The molecule has 0 atom stereocenters. The van der Waals surface area contributed by atoms with E-state index in [0.717, 1.165) is 24.8 Å². The Balaban J connectivity index is 2.06. The topological polar surface area (TPSA) is 37.3 Å². The van der Waals surface area contributed by atoms with E-state index in [2.05, 4.69) is 31.2 Å². The van der Waals surface area contributed by atoms with Crippen molar-refractivity contribution in [2.24, 2.45) is 0 Å². The molecule has 98 valence electrons. The Morgan fingerprint density at radius 2 is 1.37 bits per heavy atom. The normalized spacial score (nSPS) is 10.4. The summed E-state index contributed by atoms with van der Waals surface area (Å²) >= 11 is 0. The summed E-state index contributed by atoms with van der Waals surface area (Å²) in [4.78, 5) is 10.8. The van der Waals surface area contributed by atoms with Gasteiger partial charge in [0.05, 0.1) is 5.56 Å². The fraction of sp³-hybridized carbons (Fsp3) is 0.235. The fourth-order valence-electron chi connectivity index (χ4n) is 2.11. The lowest BCUT2D eigenvalue weighted by Gasteiger charge is -2.04. The Labute approximate surface area is 113 Å². The molecule has 2 heteroatoms. The van der Waals surface area contributed by atoms with Gasteiger partial charge in [0.1, 0.15) is 0 Å². The van der Waals surface area contributed by atoms with E-state index in [9.17, 15) is 4.79 Å². The van der Waals surface area contributed by atoms with Gasteiger partial charge in [-0.15, -0.1) is 0 Å². The van der Waals surface area contributed by atoms with Crippen LogP contribution in [0.1, 0.15) is 40.4 Å². The number of carboxylic acid groups (broad SMARTS) is 1. The first kappa shape index (κ1) is 13.3. The molecule has 0 spiro atoms. The molecule has 0 aliphatic carbocycles. The summed E-state index contributed by atoms with van der Waals surface area (Å²) < 4.78 is 0. The van der Waals surface area contributed by atoms with Crippen LogP contribution in [-0.4, -0.2) is 11.1 Å². The third kappa shape index (κ3) is 3.68. The lowest BCUT2D eigenvalue weighted by atomic mass is 10.0. The Hall–Kier alpha value is -2.09. The Bertz CT molecular complexity index is 538. The van der Waals surface area contributed by atoms with Gasteiger partial charge in [0.25, 0.3) is 0 Å². The van der Waals surface area contributed by atoms with Gasteiger partial charge in [-0.2, -0.15) is 0 Å². The molecular weight excluding hydrogens is 236 g/mol. The fourth-order valence-corrected chi connectivity index (χ4v) is 2.11. The standard InChI is InChI=1S/C17H18O2/c1-2-3-13-4-6-14(7-5-13)12-15-8-10-16(11-9-15)17(18)19/h4-11H,2-3,12H2,1H3,(H,18,19). The lowest BCUT2D eigenvalue weighted by molar-refractivity contribution is 0.0697. The Morgan fingerprint density at radius 1 is 0.895 bits per heavy atom. The first-order valence-electron chi connectivity index (χ1n) is 6.59. The van der Waals surface area contributed by atoms with E-state index in [1.54, 1.807) is 12.1 Å². The van der Waals surface area contributed by atoms with E-state index in [0.29, 0.717) is 5.56 Å². The van der Waals surface area contributed by atoms with Crippen LogP contribution in [0.25, 0.3) is 0 Å². The molecule has 0 saturated carbocycles. The van der Waals surface area contributed by atoms with Crippen LogP contribution in [0.3, 0.4) is 0 Å². The highest BCUT2D eigenvalue weighted by molar-refractivity contribution is 5.87. The second-order valence-corrected chi connectivity index (χ2v) is 4.75. The molecule has 0 aliphatic heterocycles. The molecule has 2 nitrogen and oxygen atoms in total. The van der Waals surface area contributed by atoms with Crippen molar-refractivity contribution in [1.82, 2.24) is 0 Å². The smallest absolute Gasteiger partial charge is 0.335 e. The summed E-state index contributed by atoms with van der Waals surface area (Å²) in [6.45, 7) is 2.18. The first-order chi connectivity index (χ1) is 9.19. The second-order valence-electron chi connectivity index (χ2n) is 4.75. The molecule has 0 aliphatic rings. The highest BCUT2D eigenvalue weighted by Gasteiger charge is 2.02. The number of benzene rings is 2. The van der Waals surface area contributed by atoms with Crippen LogP contribution < -0.4 is 0 Å². The van der Waals surface area contributed by atoms with Crippen molar-refractivity contribution in [3.05, 3.63) is 70.8 Å². The van der Waals surface area contributed by atoms with Gasteiger partial charge >= 0.3 is 5.97 Å². The maximum absolute atomic E-state index is 10.8. The summed E-state index contributed by atoms with van der Waals surface area (Å²) in [5.41, 5.74) is 4.09. The Morgan fingerprint density at radius 3 is 1.84 bits per heavy atom. The highest BCUT2D eigenvalue weighted by Crippen LogP contribution is 2.13. The SMILES string of the molecule is CCCc1ccc(Cc2ccc(C(=O)O)cc2)cc1. The minimum Gasteiger partial charge on any atom is -0.478 e. The molecule has 2 aromatic rings. The molecule has 19 heavy (non-hydrogen) atoms. The molecule has 0 bridgehead atoms. The van der Waals surface area contributed by atoms with Crippen LogP contribution in [0.2, 0.25) is 0 Å². The lowest BCUT2D eigenvalue weighted by Crippen LogP contribution is -1.96. The molecule has 0 fully saturated rings. The predicted molar refractivity (Wildman–Crippen MR) is 76.6 cm³/mol. The number of rotatable bonds is 5. The van der Waals surface area contributed by atoms with Crippen molar-refractivity contribution < 1.29 is 9.90 Å². The summed E-state index contributed by atoms with van der Waals surface area (Å²) in [6, 6.07) is 15.7. The van der Waals surface area contributed by atoms with Crippen molar-refractivity contribution in [3.63, 3.8) is 0 Å². The van der Waals surface area contributed by atoms with E-state index in [1.165, 1.54) is 11.1 Å². The van der Waals surface area contributed by atoms with E-state index < -0.39 is 5.97 Å². The minimum absolute atomic E-state index is 0.335. The van der Waals surface area contributed by atoms with Gasteiger partial charge in [-0.1, -0.05) is 49.7 Å². The van der Waals surface area contributed by atoms with Gasteiger partial charge in [0, 0.05) is 0 Å². The zero-order chi connectivity index (χ0) is 13.7. The van der Waals surface area contributed by atoms with Gasteiger partial charge in [0.15, 0.2) is 0 Å². The molecule has 0 radical (unpaired) electrons. The zero-order valence-corrected chi connectivity index (χ0v) is 11.1. The molecular formula is C17H18O2. The van der Waals surface area contributed by atoms with Crippen LogP contribution in [-0.2, 0) is 12.8 Å². The molecule has 0 amide bonds. The molecule has 0 heterocycles. The van der Waals surface area contributed by atoms with Gasteiger partial charge in [-0.3, -0.25) is 0 Å². The van der Waals surface area contributed by atoms with Crippen LogP contribution in [0.15, 0.2) is 48.5 Å². The van der Waals surface area contributed by atoms with Crippen molar-refractivity contribution in [3.8, 4) is 0 Å². The molecule has 0 aromatic heterocycles. The minimum atomic E-state index is -0.879. The first-order valence-corrected chi connectivity index (χ1v) is 6.59. The van der Waals surface area contributed by atoms with Crippen LogP contribution in [0.5, 0.6) is 0 Å². The van der Waals surface area contributed by atoms with Gasteiger partial charge < -0.3 is 5.11 Å². The van der Waals surface area contributed by atoms with E-state index in [-0.39, 0.29) is 0 Å². The molecule has 2 rings (SSSR count). The molecule has 0 saturated heterocycles. The van der Waals surface area contributed by atoms with Crippen molar-refractivity contribution in [2.45, 2.75) is 26.2 Å². The number of aryl methyl sites for hydroxylation is 1. The molecule has 1 N–H and O–H groups in total. The van der Waals surface area contributed by atoms with Crippen molar-refractivity contribution in [2.75, 3.05) is 0 Å². The Kier molecular flexibility index (Phi) is 4.35. The van der Waals surface area contributed by atoms with Crippen molar-refractivity contribution in [1.29, 1.82) is 0 Å². The van der Waals surface area contributed by atoms with Crippen molar-refractivity contribution >= 4 is 5.97 Å². The summed E-state index contributed by atoms with van der Waals surface area (Å²) in [7, 11) is 0. The van der Waals surface area contributed by atoms with Gasteiger partial charge in [-0.25, -0.2) is 4.79 Å². The average Bonchev–Trinajstić information content (AvgIpc) is 2.42. The third-order valence-electron chi connectivity index (χ3n) is 3.17. The molecule has 2 aromatic carbocycles. The van der Waals surface area contributed by atoms with Crippen LogP contribution in [0, 0.1) is 0 Å². The summed E-state index contributed by atoms with van der Waals surface area (Å²) in [5, 5.41) is 8.85. The van der Waals surface area contributed by atoms with E-state index >= 15 is 0 Å². The average molecular weight is 254 g/mol. The zero-order valence-electron chi connectivity index (χ0n) is 11.1. The monoisotopic (exact) mass is 254 g/mol. The molecule has 0 unspecified atom stereocenters. The quantitative estimate of drug-likeness (QED) is 0.877. The maximum atomic E-state index is 10.8. The number of aromatic carboxylic acids is 1. The van der Waals surface area contributed by atoms with Gasteiger partial charge in [-0.05, 0) is 41.7 Å². The maximum Gasteiger partial charge on any atom is 0.335 e. The third-order valence-corrected chi connectivity index (χ3v) is 3.17. The number of carbonyl (C=O) groups is 1. The summed E-state index contributed by atoms with van der Waals surface area (Å²) in [5.74, 6) is -0.879. The number of hydrogen-bond acceptors (Lipinski definition) is 1. The van der Waals surface area contributed by atoms with E-state index in [1.807, 2.05) is 12.1 Å². The van der Waals surface area contributed by atoms with Crippen LogP contribution >= 0.6 is 0 Å². The second kappa shape index (κ2) is 6.19. The largest absolute Gasteiger partial charge is 0.478 e. The van der Waals surface area contributed by atoms with Gasteiger partial charge in [0.2, 0.25) is 0 Å². The highest BCUT2D eigenvalue weighted by atomic mass is 16.4. The summed E-state index contributed by atoms with van der Waals surface area (Å²) in [6.07, 6.45) is 3.12. The number of hydrogen-bond donors (Lipinski definition) is 1. The van der Waals surface area contributed by atoms with E-state index in [4.69, 9.17) is 5.11 Å². The predicted octanol–water partition coefficient (Wildman–Crippen LogP) is 3.93. The number of carboxylic acids is 1. The van der Waals surface area contributed by atoms with Crippen LogP contribution in [0.4, 0.5) is 0 Å².